The van der Waals surface area contributed by atoms with Crippen molar-refractivity contribution in [3.8, 4) is 12.1 Å². The summed E-state index contributed by atoms with van der Waals surface area (Å²) in [6, 6.07) is 7.28. The Morgan fingerprint density at radius 2 is 2.16 bits per heavy atom. The van der Waals surface area contributed by atoms with Gasteiger partial charge in [0.2, 0.25) is 5.95 Å². The first kappa shape index (κ1) is 24.4. The van der Waals surface area contributed by atoms with Crippen LogP contribution in [-0.2, 0) is 4.74 Å². The highest BCUT2D eigenvalue weighted by Crippen LogP contribution is 2.38. The van der Waals surface area contributed by atoms with Gasteiger partial charge in [0.1, 0.15) is 6.07 Å². The van der Waals surface area contributed by atoms with Crippen molar-refractivity contribution in [3.05, 3.63) is 34.6 Å². The molecule has 2 aliphatic rings. The SMILES string of the molecule is CCNc1nc(Nc2cc(C#N)cc(N3CCC4C(C3)OCCN4C(=O)O)c2Cl)nn2c(C#N)cnc12. The van der Waals surface area contributed by atoms with Crippen LogP contribution in [0.5, 0.6) is 0 Å². The smallest absolute Gasteiger partial charge is 0.407 e. The molecule has 2 aromatic heterocycles. The van der Waals surface area contributed by atoms with Crippen LogP contribution in [0.15, 0.2) is 18.3 Å². The first-order chi connectivity index (χ1) is 17.9. The van der Waals surface area contributed by atoms with E-state index in [1.54, 1.807) is 12.1 Å². The van der Waals surface area contributed by atoms with E-state index in [2.05, 4.69) is 37.8 Å². The van der Waals surface area contributed by atoms with E-state index in [4.69, 9.17) is 16.3 Å². The normalized spacial score (nSPS) is 19.1. The summed E-state index contributed by atoms with van der Waals surface area (Å²) in [5.41, 5.74) is 2.05. The lowest BCUT2D eigenvalue weighted by atomic mass is 9.97. The second kappa shape index (κ2) is 9.97. The summed E-state index contributed by atoms with van der Waals surface area (Å²) >= 11 is 6.83. The molecule has 5 rings (SSSR count). The van der Waals surface area contributed by atoms with Gasteiger partial charge in [-0.1, -0.05) is 11.6 Å². The van der Waals surface area contributed by atoms with Crippen LogP contribution >= 0.6 is 11.6 Å². The number of rotatable bonds is 5. The minimum atomic E-state index is -0.950. The van der Waals surface area contributed by atoms with Gasteiger partial charge in [-0.2, -0.15) is 20.0 Å². The van der Waals surface area contributed by atoms with Crippen molar-refractivity contribution in [1.29, 1.82) is 10.5 Å². The number of hydrogen-bond acceptors (Lipinski definition) is 10. The third-order valence-corrected chi connectivity index (χ3v) is 6.82. The average Bonchev–Trinajstić information content (AvgIpc) is 3.32. The number of nitrogens with one attached hydrogen (secondary N) is 2. The van der Waals surface area contributed by atoms with E-state index in [9.17, 15) is 20.4 Å². The van der Waals surface area contributed by atoms with Gasteiger partial charge in [-0.05, 0) is 25.5 Å². The zero-order valence-electron chi connectivity index (χ0n) is 19.8. The zero-order chi connectivity index (χ0) is 26.1. The number of morpholine rings is 1. The fraction of sp³-hybridized carbons (Fsp3) is 0.391. The van der Waals surface area contributed by atoms with Crippen molar-refractivity contribution in [2.75, 3.05) is 48.3 Å². The third kappa shape index (κ3) is 4.50. The number of anilines is 4. The van der Waals surface area contributed by atoms with Gasteiger partial charge >= 0.3 is 6.09 Å². The molecule has 190 valence electrons. The monoisotopic (exact) mass is 522 g/mol. The Kier molecular flexibility index (Phi) is 6.56. The average molecular weight is 523 g/mol. The Labute approximate surface area is 216 Å². The minimum Gasteiger partial charge on any atom is -0.465 e. The zero-order valence-corrected chi connectivity index (χ0v) is 20.6. The molecule has 1 amide bonds. The molecule has 14 heteroatoms. The van der Waals surface area contributed by atoms with Crippen LogP contribution < -0.4 is 15.5 Å². The molecule has 37 heavy (non-hydrogen) atoms. The van der Waals surface area contributed by atoms with Crippen molar-refractivity contribution >= 4 is 46.5 Å². The Hall–Kier alpha value is -4.33. The highest BCUT2D eigenvalue weighted by molar-refractivity contribution is 6.36. The standard InChI is InChI=1S/C23H23ClN10O3/c1-2-27-20-21-28-11-14(10-26)34(21)31-22(30-20)29-15-7-13(9-25)8-17(19(15)24)32-4-3-16-18(12-32)37-6-5-33(16)23(35)36/h7-8,11,16,18H,2-6,12H2,1H3,(H,35,36)(H2,27,29,30,31). The lowest BCUT2D eigenvalue weighted by Gasteiger charge is -2.46. The molecule has 0 aliphatic carbocycles. The van der Waals surface area contributed by atoms with Crippen molar-refractivity contribution in [1.82, 2.24) is 24.5 Å². The molecule has 13 nitrogen and oxygen atoms in total. The number of fused-ring (bicyclic) bond motifs is 2. The van der Waals surface area contributed by atoms with Crippen LogP contribution in [0.3, 0.4) is 0 Å². The molecule has 2 unspecified atom stereocenters. The maximum Gasteiger partial charge on any atom is 0.407 e. The van der Waals surface area contributed by atoms with Crippen LogP contribution in [0.1, 0.15) is 24.6 Å². The Morgan fingerprint density at radius 3 is 2.89 bits per heavy atom. The summed E-state index contributed by atoms with van der Waals surface area (Å²) in [6.07, 6.45) is 0.722. The summed E-state index contributed by atoms with van der Waals surface area (Å²) in [6.45, 7) is 4.13. The van der Waals surface area contributed by atoms with Crippen molar-refractivity contribution < 1.29 is 14.6 Å². The molecule has 1 aromatic carbocycles. The molecular formula is C23H23ClN10O3. The van der Waals surface area contributed by atoms with Crippen LogP contribution in [-0.4, -0.2) is 80.6 Å². The van der Waals surface area contributed by atoms with Gasteiger partial charge in [0.25, 0.3) is 0 Å². The van der Waals surface area contributed by atoms with Gasteiger partial charge in [0.05, 0.1) is 53.0 Å². The molecule has 3 N–H and O–H groups in total. The van der Waals surface area contributed by atoms with Gasteiger partial charge in [-0.3, -0.25) is 0 Å². The van der Waals surface area contributed by atoms with Gasteiger partial charge < -0.3 is 30.3 Å². The first-order valence-corrected chi connectivity index (χ1v) is 12.1. The number of aromatic nitrogens is 4. The molecule has 2 aliphatic heterocycles. The van der Waals surface area contributed by atoms with E-state index in [1.807, 2.05) is 11.8 Å². The minimum absolute atomic E-state index is 0.160. The van der Waals surface area contributed by atoms with Gasteiger partial charge in [-0.15, -0.1) is 5.10 Å². The lowest BCUT2D eigenvalue weighted by molar-refractivity contribution is -0.0660. The van der Waals surface area contributed by atoms with Crippen molar-refractivity contribution in [2.45, 2.75) is 25.5 Å². The van der Waals surface area contributed by atoms with E-state index in [0.717, 1.165) is 0 Å². The number of piperidine rings is 1. The van der Waals surface area contributed by atoms with Gasteiger partial charge in [-0.25, -0.2) is 9.78 Å². The van der Waals surface area contributed by atoms with Crippen LogP contribution in [0, 0.1) is 22.7 Å². The topological polar surface area (TPSA) is 168 Å². The number of imidazole rings is 1. The quantitative estimate of drug-likeness (QED) is 0.450. The largest absolute Gasteiger partial charge is 0.465 e. The number of amides is 1. The van der Waals surface area contributed by atoms with Gasteiger partial charge in [0, 0.05) is 26.2 Å². The Balaban J connectivity index is 1.48. The van der Waals surface area contributed by atoms with E-state index in [1.165, 1.54) is 15.6 Å². The fourth-order valence-corrected chi connectivity index (χ4v) is 5.04. The summed E-state index contributed by atoms with van der Waals surface area (Å²) in [4.78, 5) is 23.8. The van der Waals surface area contributed by atoms with Crippen molar-refractivity contribution in [2.24, 2.45) is 0 Å². The fourth-order valence-electron chi connectivity index (χ4n) is 4.76. The molecule has 2 saturated heterocycles. The summed E-state index contributed by atoms with van der Waals surface area (Å²) in [5, 5.41) is 39.6. The molecule has 0 bridgehead atoms. The van der Waals surface area contributed by atoms with Gasteiger partial charge in [0.15, 0.2) is 17.2 Å². The van der Waals surface area contributed by atoms with Crippen LogP contribution in [0.25, 0.3) is 5.65 Å². The second-order valence-electron chi connectivity index (χ2n) is 8.59. The number of halogens is 1. The molecular weight excluding hydrogens is 500 g/mol. The van der Waals surface area contributed by atoms with Crippen molar-refractivity contribution in [3.63, 3.8) is 0 Å². The van der Waals surface area contributed by atoms with Crippen LogP contribution in [0.4, 0.5) is 27.9 Å². The van der Waals surface area contributed by atoms with E-state index >= 15 is 0 Å². The van der Waals surface area contributed by atoms with E-state index in [0.29, 0.717) is 72.6 Å². The van der Waals surface area contributed by atoms with E-state index < -0.39 is 6.09 Å². The van der Waals surface area contributed by atoms with E-state index in [-0.39, 0.29) is 23.8 Å². The Bertz CT molecular complexity index is 1450. The third-order valence-electron chi connectivity index (χ3n) is 6.43. The first-order valence-electron chi connectivity index (χ1n) is 11.7. The molecule has 0 saturated carbocycles. The lowest BCUT2D eigenvalue weighted by Crippen LogP contribution is -2.60. The number of nitrogens with zero attached hydrogens (tertiary/aromatic N) is 8. The number of benzene rings is 1. The number of carbonyl (C=O) groups is 1. The second-order valence-corrected chi connectivity index (χ2v) is 8.96. The number of hydrogen-bond donors (Lipinski definition) is 3. The predicted molar refractivity (Wildman–Crippen MR) is 134 cm³/mol. The molecule has 3 aromatic rings. The molecule has 0 radical (unpaired) electrons. The number of ether oxygens (including phenoxy) is 1. The molecule has 2 atom stereocenters. The predicted octanol–water partition coefficient (Wildman–Crippen LogP) is 2.65. The highest BCUT2D eigenvalue weighted by atomic mass is 35.5. The maximum absolute atomic E-state index is 11.6. The number of carboxylic acid groups (broad SMARTS) is 1. The Morgan fingerprint density at radius 1 is 1.32 bits per heavy atom. The highest BCUT2D eigenvalue weighted by Gasteiger charge is 2.39. The molecule has 2 fully saturated rings. The molecule has 4 heterocycles. The molecule has 0 spiro atoms. The number of nitriles is 2. The van der Waals surface area contributed by atoms with Crippen LogP contribution in [0.2, 0.25) is 5.02 Å². The summed E-state index contributed by atoms with van der Waals surface area (Å²) in [5.74, 6) is 0.598. The summed E-state index contributed by atoms with van der Waals surface area (Å²) < 4.78 is 7.28. The summed E-state index contributed by atoms with van der Waals surface area (Å²) in [7, 11) is 0. The maximum atomic E-state index is 11.6.